The minimum absolute atomic E-state index is 0.590. The second-order valence-corrected chi connectivity index (χ2v) is 2.67. The fourth-order valence-corrected chi connectivity index (χ4v) is 1.07. The molecule has 0 radical (unpaired) electrons. The van der Waals surface area contributed by atoms with Gasteiger partial charge in [-0.3, -0.25) is 4.98 Å². The van der Waals surface area contributed by atoms with Crippen LogP contribution in [-0.4, -0.2) is 19.7 Å². The molecule has 0 unspecified atom stereocenters. The van der Waals surface area contributed by atoms with Gasteiger partial charge >= 0.3 is 0 Å². The standard InChI is InChI=1S/C8H9N5/c1-6-11-5-13(12-6)8-2-3-10-4-7(8)9/h2-5H,9H2,1H3. The number of rotatable bonds is 1. The van der Waals surface area contributed by atoms with Crippen molar-refractivity contribution in [2.75, 3.05) is 5.73 Å². The summed E-state index contributed by atoms with van der Waals surface area (Å²) in [6, 6.07) is 1.80. The van der Waals surface area contributed by atoms with Gasteiger partial charge in [0.25, 0.3) is 0 Å². The van der Waals surface area contributed by atoms with Crippen molar-refractivity contribution in [3.8, 4) is 5.69 Å². The van der Waals surface area contributed by atoms with Crippen LogP contribution in [0.5, 0.6) is 0 Å². The first-order valence-electron chi connectivity index (χ1n) is 3.85. The zero-order chi connectivity index (χ0) is 9.26. The number of nitrogens with two attached hydrogens (primary N) is 1. The summed E-state index contributed by atoms with van der Waals surface area (Å²) in [5.41, 5.74) is 7.10. The summed E-state index contributed by atoms with van der Waals surface area (Å²) in [5.74, 6) is 0.719. The number of hydrogen-bond donors (Lipinski definition) is 1. The van der Waals surface area contributed by atoms with Crippen molar-refractivity contribution in [1.29, 1.82) is 0 Å². The third kappa shape index (κ3) is 1.35. The van der Waals surface area contributed by atoms with E-state index in [-0.39, 0.29) is 0 Å². The third-order valence-corrected chi connectivity index (χ3v) is 1.68. The Hall–Kier alpha value is -1.91. The second kappa shape index (κ2) is 2.85. The minimum Gasteiger partial charge on any atom is -0.396 e. The first kappa shape index (κ1) is 7.72. The van der Waals surface area contributed by atoms with Crippen LogP contribution in [-0.2, 0) is 0 Å². The predicted molar refractivity (Wildman–Crippen MR) is 48.3 cm³/mol. The van der Waals surface area contributed by atoms with Crippen molar-refractivity contribution in [2.45, 2.75) is 6.92 Å². The zero-order valence-corrected chi connectivity index (χ0v) is 7.18. The van der Waals surface area contributed by atoms with Gasteiger partial charge in [0.2, 0.25) is 0 Å². The van der Waals surface area contributed by atoms with Crippen LogP contribution in [0.25, 0.3) is 5.69 Å². The van der Waals surface area contributed by atoms with Gasteiger partial charge in [0, 0.05) is 6.20 Å². The van der Waals surface area contributed by atoms with Crippen molar-refractivity contribution in [1.82, 2.24) is 19.7 Å². The van der Waals surface area contributed by atoms with Crippen molar-refractivity contribution in [3.63, 3.8) is 0 Å². The fraction of sp³-hybridized carbons (Fsp3) is 0.125. The second-order valence-electron chi connectivity index (χ2n) is 2.67. The Labute approximate surface area is 75.2 Å². The van der Waals surface area contributed by atoms with E-state index in [0.717, 1.165) is 11.5 Å². The van der Waals surface area contributed by atoms with Gasteiger partial charge in [-0.2, -0.15) is 5.10 Å². The highest BCUT2D eigenvalue weighted by Crippen LogP contribution is 2.12. The molecule has 13 heavy (non-hydrogen) atoms. The van der Waals surface area contributed by atoms with Crippen LogP contribution in [0, 0.1) is 6.92 Å². The van der Waals surface area contributed by atoms with E-state index in [4.69, 9.17) is 5.73 Å². The van der Waals surface area contributed by atoms with Crippen molar-refractivity contribution in [2.24, 2.45) is 0 Å². The highest BCUT2D eigenvalue weighted by atomic mass is 15.3. The quantitative estimate of drug-likeness (QED) is 0.687. The molecule has 2 aromatic rings. The topological polar surface area (TPSA) is 69.6 Å². The summed E-state index contributed by atoms with van der Waals surface area (Å²) >= 11 is 0. The van der Waals surface area contributed by atoms with Crippen molar-refractivity contribution >= 4 is 5.69 Å². The molecule has 0 fully saturated rings. The Kier molecular flexibility index (Phi) is 1.70. The lowest BCUT2D eigenvalue weighted by atomic mass is 10.3. The average molecular weight is 175 g/mol. The number of aromatic nitrogens is 4. The molecule has 0 spiro atoms. The lowest BCUT2D eigenvalue weighted by molar-refractivity contribution is 0.862. The van der Waals surface area contributed by atoms with Crippen LogP contribution in [0.15, 0.2) is 24.8 Å². The van der Waals surface area contributed by atoms with E-state index in [1.165, 1.54) is 0 Å². The lowest BCUT2D eigenvalue weighted by Crippen LogP contribution is -2.00. The SMILES string of the molecule is Cc1ncn(-c2ccncc2N)n1. The van der Waals surface area contributed by atoms with Gasteiger partial charge < -0.3 is 5.73 Å². The molecule has 2 N–H and O–H groups in total. The Bertz CT molecular complexity index is 420. The van der Waals surface area contributed by atoms with Crippen LogP contribution < -0.4 is 5.73 Å². The molecule has 2 heterocycles. The Morgan fingerprint density at radius 1 is 1.46 bits per heavy atom. The van der Waals surface area contributed by atoms with Crippen molar-refractivity contribution in [3.05, 3.63) is 30.6 Å². The maximum atomic E-state index is 5.71. The van der Waals surface area contributed by atoms with E-state index in [1.807, 2.05) is 6.92 Å². The summed E-state index contributed by atoms with van der Waals surface area (Å²) in [4.78, 5) is 7.90. The summed E-state index contributed by atoms with van der Waals surface area (Å²) in [6.07, 6.45) is 4.88. The van der Waals surface area contributed by atoms with E-state index in [0.29, 0.717) is 5.69 Å². The van der Waals surface area contributed by atoms with Gasteiger partial charge in [-0.05, 0) is 13.0 Å². The monoisotopic (exact) mass is 175 g/mol. The molecule has 0 saturated carbocycles. The molecule has 5 nitrogen and oxygen atoms in total. The molecular weight excluding hydrogens is 166 g/mol. The van der Waals surface area contributed by atoms with E-state index in [1.54, 1.807) is 29.5 Å². The first-order chi connectivity index (χ1) is 6.27. The van der Waals surface area contributed by atoms with Gasteiger partial charge in [-0.25, -0.2) is 9.67 Å². The van der Waals surface area contributed by atoms with Gasteiger partial charge in [0.15, 0.2) is 0 Å². The molecule has 2 aromatic heterocycles. The molecule has 0 aliphatic carbocycles. The number of anilines is 1. The number of aryl methyl sites for hydroxylation is 1. The zero-order valence-electron chi connectivity index (χ0n) is 7.18. The first-order valence-corrected chi connectivity index (χ1v) is 3.85. The summed E-state index contributed by atoms with van der Waals surface area (Å²) < 4.78 is 1.63. The van der Waals surface area contributed by atoms with E-state index < -0.39 is 0 Å². The number of pyridine rings is 1. The third-order valence-electron chi connectivity index (χ3n) is 1.68. The maximum absolute atomic E-state index is 5.71. The Balaban J connectivity index is 2.52. The highest BCUT2D eigenvalue weighted by molar-refractivity contribution is 5.54. The molecule has 66 valence electrons. The largest absolute Gasteiger partial charge is 0.396 e. The van der Waals surface area contributed by atoms with E-state index >= 15 is 0 Å². The smallest absolute Gasteiger partial charge is 0.147 e. The summed E-state index contributed by atoms with van der Waals surface area (Å²) in [7, 11) is 0. The normalized spacial score (nSPS) is 10.2. The number of nitrogens with zero attached hydrogens (tertiary/aromatic N) is 4. The van der Waals surface area contributed by atoms with Gasteiger partial charge in [0.1, 0.15) is 12.2 Å². The molecule has 0 saturated heterocycles. The van der Waals surface area contributed by atoms with E-state index in [2.05, 4.69) is 15.1 Å². The summed E-state index contributed by atoms with van der Waals surface area (Å²) in [6.45, 7) is 1.83. The van der Waals surface area contributed by atoms with Crippen LogP contribution in [0.3, 0.4) is 0 Å². The molecule has 0 aromatic carbocycles. The molecule has 2 rings (SSSR count). The van der Waals surface area contributed by atoms with E-state index in [9.17, 15) is 0 Å². The lowest BCUT2D eigenvalue weighted by Gasteiger charge is -2.02. The molecule has 0 amide bonds. The van der Waals surface area contributed by atoms with Crippen LogP contribution in [0.4, 0.5) is 5.69 Å². The number of nitrogen functional groups attached to an aromatic ring is 1. The van der Waals surface area contributed by atoms with Crippen LogP contribution >= 0.6 is 0 Å². The molecule has 5 heteroatoms. The Morgan fingerprint density at radius 2 is 2.31 bits per heavy atom. The van der Waals surface area contributed by atoms with Crippen LogP contribution in [0.2, 0.25) is 0 Å². The summed E-state index contributed by atoms with van der Waals surface area (Å²) in [5, 5.41) is 4.14. The highest BCUT2D eigenvalue weighted by Gasteiger charge is 2.02. The maximum Gasteiger partial charge on any atom is 0.147 e. The van der Waals surface area contributed by atoms with Gasteiger partial charge in [-0.15, -0.1) is 0 Å². The average Bonchev–Trinajstić information content (AvgIpc) is 2.53. The number of hydrogen-bond acceptors (Lipinski definition) is 4. The predicted octanol–water partition coefficient (Wildman–Crippen LogP) is 0.553. The Morgan fingerprint density at radius 3 is 2.92 bits per heavy atom. The molecule has 0 aliphatic rings. The van der Waals surface area contributed by atoms with Crippen LogP contribution in [0.1, 0.15) is 5.82 Å². The fourth-order valence-electron chi connectivity index (χ4n) is 1.07. The molecule has 0 atom stereocenters. The van der Waals surface area contributed by atoms with Gasteiger partial charge in [-0.1, -0.05) is 0 Å². The molecule has 0 bridgehead atoms. The molecular formula is C8H9N5. The van der Waals surface area contributed by atoms with Gasteiger partial charge in [0.05, 0.1) is 17.6 Å². The minimum atomic E-state index is 0.590. The molecule has 0 aliphatic heterocycles. The van der Waals surface area contributed by atoms with Crippen molar-refractivity contribution < 1.29 is 0 Å².